The van der Waals surface area contributed by atoms with E-state index < -0.39 is 0 Å². The van der Waals surface area contributed by atoms with Crippen molar-refractivity contribution in [3.8, 4) is 0 Å². The molecule has 0 unspecified atom stereocenters. The number of anilines is 1. The minimum absolute atomic E-state index is 0.385. The highest BCUT2D eigenvalue weighted by Gasteiger charge is 2.13. The number of carbonyl (C=O) groups is 1. The maximum atomic E-state index is 10.9. The molecule has 0 aliphatic heterocycles. The third-order valence-electron chi connectivity index (χ3n) is 2.53. The van der Waals surface area contributed by atoms with Crippen molar-refractivity contribution in [1.29, 1.82) is 0 Å². The van der Waals surface area contributed by atoms with Crippen LogP contribution >= 0.6 is 11.3 Å². The van der Waals surface area contributed by atoms with Gasteiger partial charge in [0, 0.05) is 20.7 Å². The lowest BCUT2D eigenvalue weighted by Gasteiger charge is -2.17. The molecule has 0 aliphatic rings. The summed E-state index contributed by atoms with van der Waals surface area (Å²) in [6, 6.07) is 0. The average molecular weight is 271 g/mol. The standard InChI is InChI=1S/C12H21N3O2S/c1-14(2)6-5-7-15(3)12-13-10(9-17-4)11(8-16)18-12/h8H,5-7,9H2,1-4H3. The first-order chi connectivity index (χ1) is 8.58. The minimum Gasteiger partial charge on any atom is -0.378 e. The molecule has 0 spiro atoms. The van der Waals surface area contributed by atoms with Crippen LogP contribution in [0.25, 0.3) is 0 Å². The van der Waals surface area contributed by atoms with Crippen molar-refractivity contribution >= 4 is 22.8 Å². The van der Waals surface area contributed by atoms with Crippen LogP contribution in [0.15, 0.2) is 0 Å². The summed E-state index contributed by atoms with van der Waals surface area (Å²) in [5.41, 5.74) is 0.729. The maximum absolute atomic E-state index is 10.9. The van der Waals surface area contributed by atoms with Crippen LogP contribution in [0.3, 0.4) is 0 Å². The first-order valence-electron chi connectivity index (χ1n) is 5.88. The smallest absolute Gasteiger partial charge is 0.186 e. The molecule has 0 bridgehead atoms. The number of rotatable bonds is 8. The van der Waals surface area contributed by atoms with Crippen molar-refractivity contribution in [3.63, 3.8) is 0 Å². The summed E-state index contributed by atoms with van der Waals surface area (Å²) in [5, 5.41) is 0.878. The van der Waals surface area contributed by atoms with Gasteiger partial charge in [-0.3, -0.25) is 4.79 Å². The Morgan fingerprint density at radius 2 is 2.06 bits per heavy atom. The SMILES string of the molecule is COCc1nc(N(C)CCCN(C)C)sc1C=O. The van der Waals surface area contributed by atoms with Gasteiger partial charge in [0.25, 0.3) is 0 Å². The van der Waals surface area contributed by atoms with Gasteiger partial charge < -0.3 is 14.5 Å². The second kappa shape index (κ2) is 7.45. The van der Waals surface area contributed by atoms with Crippen molar-refractivity contribution in [2.45, 2.75) is 13.0 Å². The molecule has 1 aromatic rings. The predicted octanol–water partition coefficient (Wildman–Crippen LogP) is 1.49. The van der Waals surface area contributed by atoms with Crippen LogP contribution < -0.4 is 4.90 Å². The number of methoxy groups -OCH3 is 1. The van der Waals surface area contributed by atoms with Gasteiger partial charge in [0.1, 0.15) is 0 Å². The topological polar surface area (TPSA) is 45.7 Å². The number of ether oxygens (including phenoxy) is 1. The van der Waals surface area contributed by atoms with Crippen LogP contribution in [-0.4, -0.2) is 57.5 Å². The molecule has 5 nitrogen and oxygen atoms in total. The Kier molecular flexibility index (Phi) is 6.24. The molecule has 102 valence electrons. The monoisotopic (exact) mass is 271 g/mol. The summed E-state index contributed by atoms with van der Waals surface area (Å²) in [5.74, 6) is 0. The Labute approximate surface area is 112 Å². The van der Waals surface area contributed by atoms with Gasteiger partial charge in [0.05, 0.1) is 17.2 Å². The van der Waals surface area contributed by atoms with E-state index in [2.05, 4.69) is 28.9 Å². The van der Waals surface area contributed by atoms with E-state index in [1.54, 1.807) is 7.11 Å². The van der Waals surface area contributed by atoms with Gasteiger partial charge in [-0.05, 0) is 27.1 Å². The lowest BCUT2D eigenvalue weighted by atomic mass is 10.4. The van der Waals surface area contributed by atoms with Crippen LogP contribution in [-0.2, 0) is 11.3 Å². The molecule has 1 heterocycles. The molecular formula is C12H21N3O2S. The van der Waals surface area contributed by atoms with Crippen molar-refractivity contribution in [3.05, 3.63) is 10.6 Å². The zero-order chi connectivity index (χ0) is 13.5. The molecule has 1 rings (SSSR count). The maximum Gasteiger partial charge on any atom is 0.186 e. The summed E-state index contributed by atoms with van der Waals surface area (Å²) in [7, 11) is 7.73. The Hall–Kier alpha value is -0.980. The molecule has 0 aromatic carbocycles. The number of nitrogens with zero attached hydrogens (tertiary/aromatic N) is 3. The second-order valence-corrected chi connectivity index (χ2v) is 5.45. The number of hydrogen-bond acceptors (Lipinski definition) is 6. The molecule has 0 atom stereocenters. The number of aromatic nitrogens is 1. The van der Waals surface area contributed by atoms with Crippen molar-refractivity contribution in [2.75, 3.05) is 46.2 Å². The summed E-state index contributed by atoms with van der Waals surface area (Å²) in [6.45, 7) is 2.35. The van der Waals surface area contributed by atoms with E-state index in [9.17, 15) is 4.79 Å². The Morgan fingerprint density at radius 3 is 2.61 bits per heavy atom. The van der Waals surface area contributed by atoms with Crippen molar-refractivity contribution < 1.29 is 9.53 Å². The highest BCUT2D eigenvalue weighted by atomic mass is 32.1. The summed E-state index contributed by atoms with van der Waals surface area (Å²) in [4.78, 5) is 20.3. The van der Waals surface area contributed by atoms with Gasteiger partial charge >= 0.3 is 0 Å². The van der Waals surface area contributed by atoms with Crippen LogP contribution in [0.5, 0.6) is 0 Å². The van der Waals surface area contributed by atoms with Crippen LogP contribution in [0.2, 0.25) is 0 Å². The summed E-state index contributed by atoms with van der Waals surface area (Å²) >= 11 is 1.42. The van der Waals surface area contributed by atoms with Gasteiger partial charge in [0.15, 0.2) is 11.4 Å². The van der Waals surface area contributed by atoms with E-state index in [-0.39, 0.29) is 0 Å². The second-order valence-electron chi connectivity index (χ2n) is 4.44. The third kappa shape index (κ3) is 4.36. The molecule has 0 N–H and O–H groups in total. The van der Waals surface area contributed by atoms with E-state index in [0.29, 0.717) is 11.5 Å². The van der Waals surface area contributed by atoms with Crippen molar-refractivity contribution in [2.24, 2.45) is 0 Å². The van der Waals surface area contributed by atoms with E-state index in [4.69, 9.17) is 4.74 Å². The Balaban J connectivity index is 2.61. The molecule has 18 heavy (non-hydrogen) atoms. The van der Waals surface area contributed by atoms with E-state index in [0.717, 1.165) is 36.6 Å². The number of aldehydes is 1. The molecular weight excluding hydrogens is 250 g/mol. The first kappa shape index (κ1) is 15.1. The normalized spacial score (nSPS) is 10.9. The zero-order valence-corrected chi connectivity index (χ0v) is 12.3. The van der Waals surface area contributed by atoms with Gasteiger partial charge in [-0.2, -0.15) is 0 Å². The summed E-state index contributed by atoms with van der Waals surface area (Å²) < 4.78 is 5.04. The molecule has 0 aliphatic carbocycles. The minimum atomic E-state index is 0.385. The Morgan fingerprint density at radius 1 is 1.33 bits per heavy atom. The fraction of sp³-hybridized carbons (Fsp3) is 0.667. The molecule has 0 saturated heterocycles. The molecule has 6 heteroatoms. The average Bonchev–Trinajstić information content (AvgIpc) is 2.72. The lowest BCUT2D eigenvalue weighted by molar-refractivity contribution is 0.112. The molecule has 1 aromatic heterocycles. The van der Waals surface area contributed by atoms with Gasteiger partial charge in [-0.15, -0.1) is 0 Å². The van der Waals surface area contributed by atoms with E-state index in [1.807, 2.05) is 7.05 Å². The number of thiazole rings is 1. The highest BCUT2D eigenvalue weighted by Crippen LogP contribution is 2.24. The van der Waals surface area contributed by atoms with Gasteiger partial charge in [0.2, 0.25) is 0 Å². The fourth-order valence-corrected chi connectivity index (χ4v) is 2.44. The zero-order valence-electron chi connectivity index (χ0n) is 11.5. The molecule has 0 radical (unpaired) electrons. The molecule has 0 amide bonds. The third-order valence-corrected chi connectivity index (χ3v) is 3.67. The van der Waals surface area contributed by atoms with Gasteiger partial charge in [-0.25, -0.2) is 4.98 Å². The molecule has 0 fully saturated rings. The first-order valence-corrected chi connectivity index (χ1v) is 6.69. The van der Waals surface area contributed by atoms with E-state index in [1.165, 1.54) is 11.3 Å². The van der Waals surface area contributed by atoms with Crippen molar-refractivity contribution in [1.82, 2.24) is 9.88 Å². The van der Waals surface area contributed by atoms with Crippen LogP contribution in [0, 0.1) is 0 Å². The Bertz CT molecular complexity index is 379. The quantitative estimate of drug-likeness (QED) is 0.670. The predicted molar refractivity (Wildman–Crippen MR) is 74.7 cm³/mol. The van der Waals surface area contributed by atoms with E-state index >= 15 is 0 Å². The molecule has 0 saturated carbocycles. The summed E-state index contributed by atoms with van der Waals surface area (Å²) in [6.07, 6.45) is 1.92. The lowest BCUT2D eigenvalue weighted by Crippen LogP contribution is -2.23. The fourth-order valence-electron chi connectivity index (χ4n) is 1.57. The van der Waals surface area contributed by atoms with Crippen LogP contribution in [0.4, 0.5) is 5.13 Å². The highest BCUT2D eigenvalue weighted by molar-refractivity contribution is 7.17. The van der Waals surface area contributed by atoms with Crippen LogP contribution in [0.1, 0.15) is 21.8 Å². The number of carbonyl (C=O) groups excluding carboxylic acids is 1. The van der Waals surface area contributed by atoms with Gasteiger partial charge in [-0.1, -0.05) is 11.3 Å². The number of hydrogen-bond donors (Lipinski definition) is 0. The largest absolute Gasteiger partial charge is 0.378 e.